The molecule has 0 heterocycles. The van der Waals surface area contributed by atoms with E-state index in [4.69, 9.17) is 4.74 Å². The Kier molecular flexibility index (Phi) is 7.49. The molecule has 0 aromatic heterocycles. The van der Waals surface area contributed by atoms with Crippen molar-refractivity contribution in [3.05, 3.63) is 81.4 Å². The maximum Gasteiger partial charge on any atom is 0.313 e. The van der Waals surface area contributed by atoms with Gasteiger partial charge in [0.05, 0.1) is 19.1 Å². The Morgan fingerprint density at radius 3 is 2.19 bits per heavy atom. The summed E-state index contributed by atoms with van der Waals surface area (Å²) in [4.78, 5) is 38.7. The second-order valence-corrected chi connectivity index (χ2v) is 5.97. The molecule has 0 aliphatic heterocycles. The van der Waals surface area contributed by atoms with Gasteiger partial charge in [-0.25, -0.2) is 0 Å². The van der Waals surface area contributed by atoms with Crippen LogP contribution in [0.4, 0.5) is 0 Å². The fraction of sp³-hybridized carbons (Fsp3) is 0.300. The van der Waals surface area contributed by atoms with E-state index in [2.05, 4.69) is 4.84 Å². The molecule has 0 fully saturated rings. The van der Waals surface area contributed by atoms with Gasteiger partial charge in [-0.1, -0.05) is 54.6 Å². The summed E-state index contributed by atoms with van der Waals surface area (Å²) in [6.45, 7) is 1.89. The van der Waals surface area contributed by atoms with Crippen molar-refractivity contribution in [1.82, 2.24) is 0 Å². The summed E-state index contributed by atoms with van der Waals surface area (Å²) in [5, 5.41) is 9.16. The number of carbonyl (C=O) groups excluding carboxylic acids is 2. The molecule has 0 N–H and O–H groups in total. The summed E-state index contributed by atoms with van der Waals surface area (Å²) in [5.41, 5.74) is 1.91. The lowest BCUT2D eigenvalue weighted by atomic mass is 9.97. The number of ketones is 1. The van der Waals surface area contributed by atoms with Crippen LogP contribution in [0.5, 0.6) is 0 Å². The van der Waals surface area contributed by atoms with Crippen molar-refractivity contribution < 1.29 is 24.3 Å². The first-order valence-electron chi connectivity index (χ1n) is 8.62. The first-order valence-corrected chi connectivity index (χ1v) is 8.62. The van der Waals surface area contributed by atoms with Crippen LogP contribution >= 0.6 is 0 Å². The predicted molar refractivity (Wildman–Crippen MR) is 97.9 cm³/mol. The highest BCUT2D eigenvalue weighted by Gasteiger charge is 2.17. The van der Waals surface area contributed by atoms with Gasteiger partial charge in [0.25, 0.3) is 5.09 Å². The van der Waals surface area contributed by atoms with Gasteiger partial charge in [0.1, 0.15) is 0 Å². The molecule has 0 bridgehead atoms. The second kappa shape index (κ2) is 10.1. The van der Waals surface area contributed by atoms with E-state index in [9.17, 15) is 19.7 Å². The van der Waals surface area contributed by atoms with E-state index in [1.807, 2.05) is 18.2 Å². The van der Waals surface area contributed by atoms with Crippen LogP contribution in [0.3, 0.4) is 0 Å². The molecular weight excluding hydrogens is 350 g/mol. The Morgan fingerprint density at radius 1 is 0.963 bits per heavy atom. The lowest BCUT2D eigenvalue weighted by molar-refractivity contribution is -0.757. The van der Waals surface area contributed by atoms with Crippen molar-refractivity contribution in [3.63, 3.8) is 0 Å². The molecule has 0 amide bonds. The lowest BCUT2D eigenvalue weighted by Gasteiger charge is -2.12. The zero-order chi connectivity index (χ0) is 19.6. The molecule has 0 aliphatic carbocycles. The number of unbranched alkanes of at least 4 members (excludes halogenated alkanes) is 1. The van der Waals surface area contributed by atoms with E-state index < -0.39 is 11.0 Å². The Hall–Kier alpha value is -3.22. The minimum atomic E-state index is -0.847. The van der Waals surface area contributed by atoms with Crippen LogP contribution in [-0.4, -0.2) is 30.1 Å². The fourth-order valence-corrected chi connectivity index (χ4v) is 2.46. The molecule has 7 heteroatoms. The standard InChI is InChI=1S/C20H21NO6/c1-15(20(23)26-13-5-6-14-27-21(24)25)16-9-11-18(12-10-16)19(22)17-7-3-2-4-8-17/h2-4,7-12,15H,5-6,13-14H2,1H3. The minimum Gasteiger partial charge on any atom is -0.465 e. The number of carbonyl (C=O) groups is 2. The third-order valence-electron chi connectivity index (χ3n) is 4.04. The minimum absolute atomic E-state index is 0.0169. The van der Waals surface area contributed by atoms with E-state index in [0.29, 0.717) is 24.0 Å². The van der Waals surface area contributed by atoms with Crippen molar-refractivity contribution in [2.75, 3.05) is 13.2 Å². The van der Waals surface area contributed by atoms with Gasteiger partial charge in [-0.2, -0.15) is 0 Å². The quantitative estimate of drug-likeness (QED) is 0.208. The number of ether oxygens (including phenoxy) is 1. The van der Waals surface area contributed by atoms with E-state index >= 15 is 0 Å². The summed E-state index contributed by atoms with van der Waals surface area (Å²) in [6, 6.07) is 15.9. The van der Waals surface area contributed by atoms with Gasteiger partial charge >= 0.3 is 5.97 Å². The number of esters is 1. The summed E-state index contributed by atoms with van der Waals surface area (Å²) >= 11 is 0. The SMILES string of the molecule is CC(C(=O)OCCCCO[N+](=O)[O-])c1ccc(C(=O)c2ccccc2)cc1. The van der Waals surface area contributed by atoms with E-state index in [1.165, 1.54) is 0 Å². The molecule has 2 aromatic rings. The Bertz CT molecular complexity index is 773. The summed E-state index contributed by atoms with van der Waals surface area (Å²) in [7, 11) is 0. The van der Waals surface area contributed by atoms with Gasteiger partial charge < -0.3 is 9.57 Å². The van der Waals surface area contributed by atoms with Crippen molar-refractivity contribution in [2.45, 2.75) is 25.7 Å². The Morgan fingerprint density at radius 2 is 1.56 bits per heavy atom. The average Bonchev–Trinajstić information content (AvgIpc) is 2.70. The average molecular weight is 371 g/mol. The molecule has 142 valence electrons. The van der Waals surface area contributed by atoms with Gasteiger partial charge in [0, 0.05) is 11.1 Å². The number of rotatable bonds is 10. The zero-order valence-electron chi connectivity index (χ0n) is 15.0. The molecule has 7 nitrogen and oxygen atoms in total. The third kappa shape index (κ3) is 6.22. The predicted octanol–water partition coefficient (Wildman–Crippen LogP) is 3.55. The van der Waals surface area contributed by atoms with Crippen LogP contribution < -0.4 is 0 Å². The molecule has 0 radical (unpaired) electrons. The van der Waals surface area contributed by atoms with Crippen LogP contribution in [0.25, 0.3) is 0 Å². The molecule has 0 spiro atoms. The van der Waals surface area contributed by atoms with Crippen molar-refractivity contribution in [3.8, 4) is 0 Å². The molecule has 1 atom stereocenters. The molecule has 1 unspecified atom stereocenters. The molecule has 27 heavy (non-hydrogen) atoms. The van der Waals surface area contributed by atoms with E-state index in [0.717, 1.165) is 5.56 Å². The first kappa shape index (κ1) is 20.1. The largest absolute Gasteiger partial charge is 0.465 e. The molecule has 2 rings (SSSR count). The van der Waals surface area contributed by atoms with E-state index in [-0.39, 0.29) is 25.0 Å². The molecule has 0 saturated carbocycles. The summed E-state index contributed by atoms with van der Waals surface area (Å²) < 4.78 is 5.18. The zero-order valence-corrected chi connectivity index (χ0v) is 15.0. The Labute approximate surface area is 157 Å². The summed E-state index contributed by atoms with van der Waals surface area (Å²) in [5.74, 6) is -0.928. The van der Waals surface area contributed by atoms with Gasteiger partial charge in [-0.05, 0) is 25.3 Å². The molecule has 0 saturated heterocycles. The second-order valence-electron chi connectivity index (χ2n) is 5.97. The number of nitrogens with zero attached hydrogens (tertiary/aromatic N) is 1. The van der Waals surface area contributed by atoms with Crippen LogP contribution in [0.15, 0.2) is 54.6 Å². The van der Waals surface area contributed by atoms with Gasteiger partial charge in [-0.3, -0.25) is 9.59 Å². The van der Waals surface area contributed by atoms with Crippen LogP contribution in [0, 0.1) is 10.1 Å². The van der Waals surface area contributed by atoms with Crippen molar-refractivity contribution in [1.29, 1.82) is 0 Å². The van der Waals surface area contributed by atoms with Gasteiger partial charge in [-0.15, -0.1) is 10.1 Å². The third-order valence-corrected chi connectivity index (χ3v) is 4.04. The number of hydrogen-bond donors (Lipinski definition) is 0. The summed E-state index contributed by atoms with van der Waals surface area (Å²) in [6.07, 6.45) is 0.912. The normalized spacial score (nSPS) is 11.4. The highest BCUT2D eigenvalue weighted by molar-refractivity contribution is 6.08. The van der Waals surface area contributed by atoms with Crippen LogP contribution in [-0.2, 0) is 14.4 Å². The molecular formula is C20H21NO6. The maximum atomic E-state index is 12.4. The maximum absolute atomic E-state index is 12.4. The van der Waals surface area contributed by atoms with Crippen molar-refractivity contribution >= 4 is 11.8 Å². The highest BCUT2D eigenvalue weighted by Crippen LogP contribution is 2.19. The number of hydrogen-bond acceptors (Lipinski definition) is 6. The topological polar surface area (TPSA) is 95.7 Å². The first-order chi connectivity index (χ1) is 13.0. The highest BCUT2D eigenvalue weighted by atomic mass is 16.9. The molecule has 0 aliphatic rings. The van der Waals surface area contributed by atoms with Crippen molar-refractivity contribution in [2.24, 2.45) is 0 Å². The van der Waals surface area contributed by atoms with Gasteiger partial charge in [0.2, 0.25) is 0 Å². The Balaban J connectivity index is 1.84. The fourth-order valence-electron chi connectivity index (χ4n) is 2.46. The van der Waals surface area contributed by atoms with E-state index in [1.54, 1.807) is 43.3 Å². The van der Waals surface area contributed by atoms with Crippen LogP contribution in [0.1, 0.15) is 47.2 Å². The molecule has 2 aromatic carbocycles. The smallest absolute Gasteiger partial charge is 0.313 e. The van der Waals surface area contributed by atoms with Gasteiger partial charge in [0.15, 0.2) is 5.78 Å². The van der Waals surface area contributed by atoms with Crippen LogP contribution in [0.2, 0.25) is 0 Å². The lowest BCUT2D eigenvalue weighted by Crippen LogP contribution is -2.14. The number of benzene rings is 2. The monoisotopic (exact) mass is 371 g/mol.